The number of ether oxygens (including phenoxy) is 2. The minimum atomic E-state index is -0.480. The molecule has 0 saturated carbocycles. The molecule has 0 atom stereocenters. The Balaban J connectivity index is 1.98. The van der Waals surface area contributed by atoms with Crippen LogP contribution in [0.4, 0.5) is 15.9 Å². The molecule has 136 valence electrons. The number of benzene rings is 2. The Hall–Kier alpha value is -3.12. The molecule has 0 fully saturated rings. The molecule has 0 bridgehead atoms. The van der Waals surface area contributed by atoms with Gasteiger partial charge in [0.25, 0.3) is 0 Å². The first-order valence-corrected chi connectivity index (χ1v) is 8.51. The molecule has 27 heavy (non-hydrogen) atoms. The lowest BCUT2D eigenvalue weighted by Crippen LogP contribution is -1.99. The number of anilines is 2. The summed E-state index contributed by atoms with van der Waals surface area (Å²) in [5, 5.41) is 5.83. The third-order valence-corrected chi connectivity index (χ3v) is 4.55. The number of fused-ring (bicyclic) bond motifs is 3. The molecule has 1 N–H and O–H groups in total. The average Bonchev–Trinajstić information content (AvgIpc) is 2.69. The Morgan fingerprint density at radius 2 is 1.70 bits per heavy atom. The minimum Gasteiger partial charge on any atom is -0.493 e. The zero-order valence-corrected chi connectivity index (χ0v) is 15.3. The molecule has 2 heterocycles. The molecule has 0 aliphatic carbocycles. The molecule has 2 aromatic heterocycles. The fourth-order valence-corrected chi connectivity index (χ4v) is 3.15. The van der Waals surface area contributed by atoms with E-state index < -0.39 is 5.82 Å². The van der Waals surface area contributed by atoms with Crippen LogP contribution < -0.4 is 14.8 Å². The smallest absolute Gasteiger partial charge is 0.162 e. The fourth-order valence-electron chi connectivity index (χ4n) is 2.97. The lowest BCUT2D eigenvalue weighted by atomic mass is 10.1. The van der Waals surface area contributed by atoms with Crippen LogP contribution in [0, 0.1) is 5.82 Å². The first-order valence-electron chi connectivity index (χ1n) is 8.13. The highest BCUT2D eigenvalue weighted by Gasteiger charge is 2.14. The van der Waals surface area contributed by atoms with Gasteiger partial charge >= 0.3 is 0 Å². The van der Waals surface area contributed by atoms with Crippen molar-refractivity contribution in [3.8, 4) is 11.5 Å². The van der Waals surface area contributed by atoms with E-state index in [0.717, 1.165) is 16.2 Å². The maximum absolute atomic E-state index is 13.5. The van der Waals surface area contributed by atoms with Crippen molar-refractivity contribution >= 4 is 44.9 Å². The quantitative estimate of drug-likeness (QED) is 0.482. The first kappa shape index (κ1) is 17.3. The Morgan fingerprint density at radius 3 is 2.41 bits per heavy atom. The second kappa shape index (κ2) is 6.89. The molecule has 0 unspecified atom stereocenters. The van der Waals surface area contributed by atoms with Gasteiger partial charge in [-0.2, -0.15) is 0 Å². The highest BCUT2D eigenvalue weighted by atomic mass is 35.5. The van der Waals surface area contributed by atoms with Gasteiger partial charge in [-0.3, -0.25) is 0 Å². The number of nitrogens with zero attached hydrogens (tertiary/aromatic N) is 2. The van der Waals surface area contributed by atoms with Crippen LogP contribution in [0.2, 0.25) is 5.02 Å². The van der Waals surface area contributed by atoms with Gasteiger partial charge in [0, 0.05) is 28.0 Å². The van der Waals surface area contributed by atoms with Crippen molar-refractivity contribution in [3.63, 3.8) is 0 Å². The van der Waals surface area contributed by atoms with E-state index in [0.29, 0.717) is 28.7 Å². The van der Waals surface area contributed by atoms with Gasteiger partial charge in [-0.25, -0.2) is 14.4 Å². The number of aromatic nitrogens is 2. The molecule has 0 spiro atoms. The van der Waals surface area contributed by atoms with Crippen LogP contribution in [-0.4, -0.2) is 24.2 Å². The number of pyridine rings is 2. The van der Waals surface area contributed by atoms with Gasteiger partial charge in [0.15, 0.2) is 17.1 Å². The SMILES string of the molecule is COc1cc2c(Nc3ccc(F)c(Cl)c3)nc3ncccc3c2cc1OC. The summed E-state index contributed by atoms with van der Waals surface area (Å²) in [5.74, 6) is 1.26. The standard InChI is InChI=1S/C20H15ClFN3O2/c1-26-17-9-13-12-4-3-7-23-19(12)25-20(14(13)10-18(17)27-2)24-11-5-6-16(22)15(21)8-11/h3-10H,1-2H3,(H,23,24,25). The first-order chi connectivity index (χ1) is 13.1. The number of halogens is 2. The maximum Gasteiger partial charge on any atom is 0.162 e. The third-order valence-electron chi connectivity index (χ3n) is 4.26. The Kier molecular flexibility index (Phi) is 4.41. The van der Waals surface area contributed by atoms with E-state index in [1.165, 1.54) is 12.1 Å². The van der Waals surface area contributed by atoms with Crippen molar-refractivity contribution in [3.05, 3.63) is 59.5 Å². The molecule has 0 amide bonds. The second-order valence-corrected chi connectivity index (χ2v) is 6.25. The van der Waals surface area contributed by atoms with E-state index in [1.54, 1.807) is 26.5 Å². The highest BCUT2D eigenvalue weighted by molar-refractivity contribution is 6.31. The zero-order valence-electron chi connectivity index (χ0n) is 14.6. The normalized spacial score (nSPS) is 11.0. The maximum atomic E-state index is 13.5. The van der Waals surface area contributed by atoms with Crippen LogP contribution in [0.15, 0.2) is 48.7 Å². The monoisotopic (exact) mass is 383 g/mol. The van der Waals surface area contributed by atoms with Gasteiger partial charge in [0.2, 0.25) is 0 Å². The summed E-state index contributed by atoms with van der Waals surface area (Å²) in [5.41, 5.74) is 1.19. The number of hydrogen-bond acceptors (Lipinski definition) is 5. The summed E-state index contributed by atoms with van der Waals surface area (Å²) in [6.07, 6.45) is 1.68. The second-order valence-electron chi connectivity index (χ2n) is 5.84. The topological polar surface area (TPSA) is 56.3 Å². The zero-order chi connectivity index (χ0) is 19.0. The summed E-state index contributed by atoms with van der Waals surface area (Å²) in [6.45, 7) is 0. The fraction of sp³-hybridized carbons (Fsp3) is 0.100. The van der Waals surface area contributed by atoms with E-state index in [9.17, 15) is 4.39 Å². The van der Waals surface area contributed by atoms with E-state index in [2.05, 4.69) is 15.3 Å². The lowest BCUT2D eigenvalue weighted by Gasteiger charge is -2.14. The summed E-state index contributed by atoms with van der Waals surface area (Å²) in [6, 6.07) is 11.9. The number of nitrogens with one attached hydrogen (secondary N) is 1. The van der Waals surface area contributed by atoms with Crippen molar-refractivity contribution in [2.45, 2.75) is 0 Å². The van der Waals surface area contributed by atoms with Crippen molar-refractivity contribution in [2.24, 2.45) is 0 Å². The number of hydrogen-bond donors (Lipinski definition) is 1. The van der Waals surface area contributed by atoms with E-state index in [4.69, 9.17) is 21.1 Å². The molecular formula is C20H15ClFN3O2. The van der Waals surface area contributed by atoms with E-state index >= 15 is 0 Å². The van der Waals surface area contributed by atoms with Gasteiger partial charge in [-0.05, 0) is 42.5 Å². The molecule has 0 radical (unpaired) electrons. The summed E-state index contributed by atoms with van der Waals surface area (Å²) >= 11 is 5.90. The van der Waals surface area contributed by atoms with Crippen LogP contribution in [-0.2, 0) is 0 Å². The summed E-state index contributed by atoms with van der Waals surface area (Å²) in [7, 11) is 3.16. The minimum absolute atomic E-state index is 0.0301. The van der Waals surface area contributed by atoms with Crippen LogP contribution in [0.3, 0.4) is 0 Å². The van der Waals surface area contributed by atoms with E-state index in [-0.39, 0.29) is 5.02 Å². The predicted octanol–water partition coefficient (Wildman–Crippen LogP) is 5.34. The lowest BCUT2D eigenvalue weighted by molar-refractivity contribution is 0.356. The van der Waals surface area contributed by atoms with Crippen molar-refractivity contribution in [1.82, 2.24) is 9.97 Å². The molecular weight excluding hydrogens is 369 g/mol. The van der Waals surface area contributed by atoms with Crippen LogP contribution in [0.25, 0.3) is 21.8 Å². The van der Waals surface area contributed by atoms with Crippen molar-refractivity contribution in [1.29, 1.82) is 0 Å². The average molecular weight is 384 g/mol. The largest absolute Gasteiger partial charge is 0.493 e. The Morgan fingerprint density at radius 1 is 0.963 bits per heavy atom. The van der Waals surface area contributed by atoms with Crippen LogP contribution in [0.5, 0.6) is 11.5 Å². The van der Waals surface area contributed by atoms with Gasteiger partial charge < -0.3 is 14.8 Å². The number of rotatable bonds is 4. The van der Waals surface area contributed by atoms with Gasteiger partial charge in [0.1, 0.15) is 11.6 Å². The Bertz CT molecular complexity index is 1170. The van der Waals surface area contributed by atoms with Gasteiger partial charge in [-0.15, -0.1) is 0 Å². The van der Waals surface area contributed by atoms with Gasteiger partial charge in [-0.1, -0.05) is 11.6 Å². The molecule has 2 aromatic carbocycles. The molecule has 4 rings (SSSR count). The molecule has 5 nitrogen and oxygen atoms in total. The summed E-state index contributed by atoms with van der Waals surface area (Å²) < 4.78 is 24.3. The number of methoxy groups -OCH3 is 2. The van der Waals surface area contributed by atoms with Gasteiger partial charge in [0.05, 0.1) is 19.2 Å². The van der Waals surface area contributed by atoms with Crippen LogP contribution >= 0.6 is 11.6 Å². The highest BCUT2D eigenvalue weighted by Crippen LogP contribution is 2.38. The third kappa shape index (κ3) is 3.08. The Labute approximate surface area is 159 Å². The summed E-state index contributed by atoms with van der Waals surface area (Å²) in [4.78, 5) is 8.98. The molecule has 0 aliphatic heterocycles. The molecule has 0 aliphatic rings. The van der Waals surface area contributed by atoms with Crippen LogP contribution in [0.1, 0.15) is 0 Å². The molecule has 7 heteroatoms. The predicted molar refractivity (Wildman–Crippen MR) is 105 cm³/mol. The molecule has 0 saturated heterocycles. The van der Waals surface area contributed by atoms with E-state index in [1.807, 2.05) is 24.3 Å². The van der Waals surface area contributed by atoms with Crippen molar-refractivity contribution < 1.29 is 13.9 Å². The molecule has 4 aromatic rings. The van der Waals surface area contributed by atoms with Crippen molar-refractivity contribution in [2.75, 3.05) is 19.5 Å².